The van der Waals surface area contributed by atoms with Crippen molar-refractivity contribution in [2.24, 2.45) is 0 Å². The van der Waals surface area contributed by atoms with Crippen molar-refractivity contribution >= 4 is 16.7 Å². The molecule has 0 aliphatic heterocycles. The van der Waals surface area contributed by atoms with E-state index in [2.05, 4.69) is 17.2 Å². The maximum absolute atomic E-state index is 12.0. The summed E-state index contributed by atoms with van der Waals surface area (Å²) in [6, 6.07) is 13.6. The first-order valence-electron chi connectivity index (χ1n) is 5.48. The van der Waals surface area contributed by atoms with E-state index in [0.29, 0.717) is 12.1 Å². The van der Waals surface area contributed by atoms with E-state index in [-0.39, 0.29) is 5.91 Å². The number of hydrogen-bond acceptors (Lipinski definition) is 1. The Bertz CT molecular complexity index is 600. The van der Waals surface area contributed by atoms with Crippen molar-refractivity contribution in [3.8, 4) is 11.8 Å². The molecule has 0 atom stereocenters. The predicted octanol–water partition coefficient (Wildman–Crippen LogP) is 2.59. The third-order valence-electron chi connectivity index (χ3n) is 2.55. The van der Waals surface area contributed by atoms with Crippen LogP contribution in [0.5, 0.6) is 0 Å². The number of hydrogen-bond donors (Lipinski definition) is 1. The minimum absolute atomic E-state index is 0.0791. The summed E-state index contributed by atoms with van der Waals surface area (Å²) in [5.74, 6) is 5.48. The van der Waals surface area contributed by atoms with Crippen molar-refractivity contribution in [3.63, 3.8) is 0 Å². The summed E-state index contributed by atoms with van der Waals surface area (Å²) in [5, 5.41) is 4.82. The van der Waals surface area contributed by atoms with Gasteiger partial charge in [0, 0.05) is 5.56 Å². The summed E-state index contributed by atoms with van der Waals surface area (Å²) in [6.45, 7) is 2.14. The molecule has 0 bridgehead atoms. The first-order valence-corrected chi connectivity index (χ1v) is 5.48. The largest absolute Gasteiger partial charge is 0.341 e. The molecule has 2 nitrogen and oxygen atoms in total. The monoisotopic (exact) mass is 223 g/mol. The van der Waals surface area contributed by atoms with Crippen LogP contribution >= 0.6 is 0 Å². The molecular formula is C15H13NO. The van der Waals surface area contributed by atoms with Crippen LogP contribution in [0.2, 0.25) is 0 Å². The number of nitrogens with one attached hydrogen (secondary N) is 1. The molecule has 17 heavy (non-hydrogen) atoms. The van der Waals surface area contributed by atoms with Gasteiger partial charge in [-0.05, 0) is 23.8 Å². The van der Waals surface area contributed by atoms with Crippen LogP contribution in [0, 0.1) is 11.8 Å². The maximum Gasteiger partial charge on any atom is 0.252 e. The number of carbonyl (C=O) groups is 1. The van der Waals surface area contributed by atoms with Crippen LogP contribution in [0.15, 0.2) is 42.5 Å². The average molecular weight is 223 g/mol. The molecule has 84 valence electrons. The van der Waals surface area contributed by atoms with Gasteiger partial charge in [-0.1, -0.05) is 42.3 Å². The summed E-state index contributed by atoms with van der Waals surface area (Å²) in [4.78, 5) is 12.0. The van der Waals surface area contributed by atoms with Crippen molar-refractivity contribution < 1.29 is 4.79 Å². The lowest BCUT2D eigenvalue weighted by atomic mass is 10.0. The van der Waals surface area contributed by atoms with Gasteiger partial charge in [0.25, 0.3) is 5.91 Å². The Balaban J connectivity index is 2.34. The van der Waals surface area contributed by atoms with Gasteiger partial charge < -0.3 is 5.32 Å². The Morgan fingerprint density at radius 1 is 1.18 bits per heavy atom. The molecule has 0 saturated carbocycles. The van der Waals surface area contributed by atoms with Crippen molar-refractivity contribution in [1.29, 1.82) is 0 Å². The van der Waals surface area contributed by atoms with Gasteiger partial charge in [0.2, 0.25) is 0 Å². The molecule has 0 spiro atoms. The van der Waals surface area contributed by atoms with Crippen LogP contribution in [0.3, 0.4) is 0 Å². The first-order chi connectivity index (χ1) is 8.33. The van der Waals surface area contributed by atoms with Gasteiger partial charge in [-0.2, -0.15) is 0 Å². The van der Waals surface area contributed by atoms with E-state index in [1.807, 2.05) is 42.5 Å². The lowest BCUT2D eigenvalue weighted by molar-refractivity contribution is 0.0960. The number of rotatable bonds is 2. The minimum Gasteiger partial charge on any atom is -0.341 e. The molecule has 0 radical (unpaired) electrons. The quantitative estimate of drug-likeness (QED) is 0.779. The second-order valence-corrected chi connectivity index (χ2v) is 3.64. The Kier molecular flexibility index (Phi) is 3.42. The van der Waals surface area contributed by atoms with Crippen molar-refractivity contribution in [1.82, 2.24) is 5.32 Å². The van der Waals surface area contributed by atoms with Crippen molar-refractivity contribution in [3.05, 3.63) is 48.0 Å². The number of carbonyl (C=O) groups excluding carboxylic acids is 1. The number of amides is 1. The lowest BCUT2D eigenvalue weighted by Gasteiger charge is -2.05. The van der Waals surface area contributed by atoms with E-state index >= 15 is 0 Å². The van der Waals surface area contributed by atoms with Gasteiger partial charge >= 0.3 is 0 Å². The third kappa shape index (κ3) is 2.46. The second kappa shape index (κ2) is 5.18. The molecule has 0 aliphatic carbocycles. The molecular weight excluding hydrogens is 210 g/mol. The highest BCUT2D eigenvalue weighted by Crippen LogP contribution is 2.18. The molecule has 0 fully saturated rings. The Labute approximate surface area is 101 Å². The second-order valence-electron chi connectivity index (χ2n) is 3.64. The van der Waals surface area contributed by atoms with Crippen LogP contribution in [-0.2, 0) is 0 Å². The highest BCUT2D eigenvalue weighted by atomic mass is 16.1. The van der Waals surface area contributed by atoms with Crippen molar-refractivity contribution in [2.45, 2.75) is 6.92 Å². The Morgan fingerprint density at radius 2 is 1.94 bits per heavy atom. The van der Waals surface area contributed by atoms with Crippen LogP contribution in [0.1, 0.15) is 17.3 Å². The summed E-state index contributed by atoms with van der Waals surface area (Å²) in [5.41, 5.74) is 0.695. The first kappa shape index (κ1) is 11.2. The maximum atomic E-state index is 12.0. The summed E-state index contributed by atoms with van der Waals surface area (Å²) in [7, 11) is 0. The van der Waals surface area contributed by atoms with Crippen LogP contribution in [0.25, 0.3) is 10.8 Å². The lowest BCUT2D eigenvalue weighted by Crippen LogP contribution is -2.23. The van der Waals surface area contributed by atoms with E-state index in [1.165, 1.54) is 0 Å². The highest BCUT2D eigenvalue weighted by molar-refractivity contribution is 6.07. The van der Waals surface area contributed by atoms with E-state index in [4.69, 9.17) is 0 Å². The van der Waals surface area contributed by atoms with Gasteiger partial charge in [-0.25, -0.2) is 0 Å². The molecule has 0 heterocycles. The van der Waals surface area contributed by atoms with E-state index < -0.39 is 0 Å². The van der Waals surface area contributed by atoms with Crippen LogP contribution < -0.4 is 5.32 Å². The molecule has 2 aromatic carbocycles. The fourth-order valence-electron chi connectivity index (χ4n) is 1.73. The topological polar surface area (TPSA) is 29.1 Å². The van der Waals surface area contributed by atoms with Gasteiger partial charge in [0.05, 0.1) is 6.54 Å². The van der Waals surface area contributed by atoms with E-state index in [1.54, 1.807) is 6.92 Å². The van der Waals surface area contributed by atoms with Crippen LogP contribution in [0.4, 0.5) is 0 Å². The summed E-state index contributed by atoms with van der Waals surface area (Å²) in [6.07, 6.45) is 0. The van der Waals surface area contributed by atoms with Gasteiger partial charge in [-0.3, -0.25) is 4.79 Å². The summed E-state index contributed by atoms with van der Waals surface area (Å²) >= 11 is 0. The molecule has 0 aliphatic rings. The fraction of sp³-hybridized carbons (Fsp3) is 0.133. The molecule has 2 rings (SSSR count). The average Bonchev–Trinajstić information content (AvgIpc) is 2.38. The smallest absolute Gasteiger partial charge is 0.252 e. The Morgan fingerprint density at radius 3 is 2.76 bits per heavy atom. The number of benzene rings is 2. The SMILES string of the molecule is CC#CCNC(=O)c1cccc2ccccc12. The highest BCUT2D eigenvalue weighted by Gasteiger charge is 2.07. The molecule has 1 amide bonds. The zero-order valence-electron chi connectivity index (χ0n) is 9.66. The normalized spacial score (nSPS) is 9.47. The van der Waals surface area contributed by atoms with Crippen molar-refractivity contribution in [2.75, 3.05) is 6.54 Å². The van der Waals surface area contributed by atoms with Gasteiger partial charge in [0.15, 0.2) is 0 Å². The molecule has 2 aromatic rings. The van der Waals surface area contributed by atoms with Gasteiger partial charge in [0.1, 0.15) is 0 Å². The standard InChI is InChI=1S/C15H13NO/c1-2-3-11-16-15(17)14-10-6-8-12-7-4-5-9-13(12)14/h4-10H,11H2,1H3,(H,16,17). The fourth-order valence-corrected chi connectivity index (χ4v) is 1.73. The van der Waals surface area contributed by atoms with Gasteiger partial charge in [-0.15, -0.1) is 5.92 Å². The van der Waals surface area contributed by atoms with E-state index in [0.717, 1.165) is 10.8 Å². The number of fused-ring (bicyclic) bond motifs is 1. The Hall–Kier alpha value is -2.27. The molecule has 0 unspecified atom stereocenters. The molecule has 2 heteroatoms. The summed E-state index contributed by atoms with van der Waals surface area (Å²) < 4.78 is 0. The van der Waals surface area contributed by atoms with Crippen LogP contribution in [-0.4, -0.2) is 12.5 Å². The zero-order chi connectivity index (χ0) is 12.1. The molecule has 0 saturated heterocycles. The zero-order valence-corrected chi connectivity index (χ0v) is 9.66. The predicted molar refractivity (Wildman–Crippen MR) is 69.7 cm³/mol. The van der Waals surface area contributed by atoms with E-state index in [9.17, 15) is 4.79 Å². The molecule has 1 N–H and O–H groups in total. The molecule has 0 aromatic heterocycles. The minimum atomic E-state index is -0.0791. The third-order valence-corrected chi connectivity index (χ3v) is 2.55.